The van der Waals surface area contributed by atoms with Crippen molar-refractivity contribution in [1.29, 1.82) is 0 Å². The number of aliphatic hydroxyl groups is 1. The van der Waals surface area contributed by atoms with Gasteiger partial charge >= 0.3 is 0 Å². The van der Waals surface area contributed by atoms with Crippen molar-refractivity contribution in [2.24, 2.45) is 7.05 Å². The van der Waals surface area contributed by atoms with Crippen LogP contribution in [-0.4, -0.2) is 33.2 Å². The molecule has 0 saturated carbocycles. The summed E-state index contributed by atoms with van der Waals surface area (Å²) >= 11 is 0. The maximum atomic E-state index is 11.6. The molecule has 15 heavy (non-hydrogen) atoms. The number of rotatable bonds is 5. The molecule has 0 radical (unpaired) electrons. The fraction of sp³-hybridized carbons (Fsp3) is 0.600. The Hall–Kier alpha value is -1.36. The van der Waals surface area contributed by atoms with Crippen LogP contribution in [0.2, 0.25) is 0 Å². The first-order valence-electron chi connectivity index (χ1n) is 5.03. The van der Waals surface area contributed by atoms with Crippen LogP contribution in [0.5, 0.6) is 0 Å². The van der Waals surface area contributed by atoms with Gasteiger partial charge in [0, 0.05) is 25.9 Å². The molecule has 0 saturated heterocycles. The minimum atomic E-state index is -0.166. The molecule has 0 aromatic carbocycles. The molecular formula is C10H17N3O2. The van der Waals surface area contributed by atoms with Crippen molar-refractivity contribution in [2.45, 2.75) is 25.8 Å². The van der Waals surface area contributed by atoms with E-state index in [9.17, 15) is 4.79 Å². The third-order valence-corrected chi connectivity index (χ3v) is 2.11. The molecule has 1 amide bonds. The smallest absolute Gasteiger partial charge is 0.271 e. The standard InChI is InChI=1S/C10H17N3O2/c1-8(4-3-5-14)12-10(15)9-6-13(2)7-11-9/h6-8,14H,3-5H2,1-2H3,(H,12,15). The number of hydrogen-bond acceptors (Lipinski definition) is 3. The van der Waals surface area contributed by atoms with E-state index in [1.54, 1.807) is 17.1 Å². The van der Waals surface area contributed by atoms with Gasteiger partial charge in [0.1, 0.15) is 5.69 Å². The van der Waals surface area contributed by atoms with Crippen LogP contribution < -0.4 is 5.32 Å². The molecule has 84 valence electrons. The number of nitrogens with zero attached hydrogens (tertiary/aromatic N) is 2. The maximum Gasteiger partial charge on any atom is 0.271 e. The zero-order chi connectivity index (χ0) is 11.3. The summed E-state index contributed by atoms with van der Waals surface area (Å²) in [5.41, 5.74) is 0.424. The van der Waals surface area contributed by atoms with Gasteiger partial charge in [-0.15, -0.1) is 0 Å². The summed E-state index contributed by atoms with van der Waals surface area (Å²) < 4.78 is 1.73. The van der Waals surface area contributed by atoms with Crippen molar-refractivity contribution in [3.8, 4) is 0 Å². The molecule has 0 aliphatic carbocycles. The first-order chi connectivity index (χ1) is 7.13. The molecule has 1 unspecified atom stereocenters. The zero-order valence-corrected chi connectivity index (χ0v) is 9.10. The quantitative estimate of drug-likeness (QED) is 0.736. The Morgan fingerprint density at radius 2 is 2.47 bits per heavy atom. The van der Waals surface area contributed by atoms with Crippen LogP contribution >= 0.6 is 0 Å². The first-order valence-corrected chi connectivity index (χ1v) is 5.03. The number of nitrogens with one attached hydrogen (secondary N) is 1. The van der Waals surface area contributed by atoms with Crippen LogP contribution in [0.3, 0.4) is 0 Å². The normalized spacial score (nSPS) is 12.5. The third kappa shape index (κ3) is 3.71. The van der Waals surface area contributed by atoms with Gasteiger partial charge < -0.3 is 15.0 Å². The number of amides is 1. The summed E-state index contributed by atoms with van der Waals surface area (Å²) in [6, 6.07) is 0.0617. The zero-order valence-electron chi connectivity index (χ0n) is 9.10. The lowest BCUT2D eigenvalue weighted by Crippen LogP contribution is -2.32. The molecule has 0 aliphatic heterocycles. The average Bonchev–Trinajstić information content (AvgIpc) is 2.61. The van der Waals surface area contributed by atoms with Crippen LogP contribution in [0, 0.1) is 0 Å². The summed E-state index contributed by atoms with van der Waals surface area (Å²) in [7, 11) is 1.82. The van der Waals surface area contributed by atoms with E-state index in [1.807, 2.05) is 14.0 Å². The van der Waals surface area contributed by atoms with Crippen molar-refractivity contribution in [2.75, 3.05) is 6.61 Å². The highest BCUT2D eigenvalue weighted by atomic mass is 16.2. The van der Waals surface area contributed by atoms with Gasteiger partial charge in [-0.2, -0.15) is 0 Å². The highest BCUT2D eigenvalue weighted by Gasteiger charge is 2.11. The summed E-state index contributed by atoms with van der Waals surface area (Å²) in [6.45, 7) is 2.07. The molecule has 1 heterocycles. The van der Waals surface area contributed by atoms with Crippen LogP contribution in [0.4, 0.5) is 0 Å². The van der Waals surface area contributed by atoms with Gasteiger partial charge in [0.2, 0.25) is 0 Å². The maximum absolute atomic E-state index is 11.6. The topological polar surface area (TPSA) is 67.2 Å². The Kier molecular flexibility index (Phi) is 4.30. The second-order valence-electron chi connectivity index (χ2n) is 3.66. The Bertz CT molecular complexity index is 322. The Balaban J connectivity index is 2.42. The Morgan fingerprint density at radius 1 is 1.73 bits per heavy atom. The molecule has 1 atom stereocenters. The van der Waals surface area contributed by atoms with Crippen LogP contribution in [-0.2, 0) is 7.05 Å². The number of aryl methyl sites for hydroxylation is 1. The summed E-state index contributed by atoms with van der Waals surface area (Å²) in [6.07, 6.45) is 4.74. The molecule has 0 bridgehead atoms. The predicted octanol–water partition coefficient (Wildman–Crippen LogP) is 0.311. The highest BCUT2D eigenvalue weighted by molar-refractivity contribution is 5.92. The summed E-state index contributed by atoms with van der Waals surface area (Å²) in [4.78, 5) is 15.5. The van der Waals surface area contributed by atoms with Gasteiger partial charge in [-0.25, -0.2) is 4.98 Å². The van der Waals surface area contributed by atoms with E-state index in [0.29, 0.717) is 12.1 Å². The molecular weight excluding hydrogens is 194 g/mol. The third-order valence-electron chi connectivity index (χ3n) is 2.11. The predicted molar refractivity (Wildman–Crippen MR) is 56.5 cm³/mol. The van der Waals surface area contributed by atoms with Crippen molar-refractivity contribution in [1.82, 2.24) is 14.9 Å². The number of imidazole rings is 1. The first kappa shape index (κ1) is 11.7. The highest BCUT2D eigenvalue weighted by Crippen LogP contribution is 1.99. The molecule has 0 spiro atoms. The molecule has 2 N–H and O–H groups in total. The average molecular weight is 211 g/mol. The lowest BCUT2D eigenvalue weighted by Gasteiger charge is -2.11. The molecule has 5 heteroatoms. The second-order valence-corrected chi connectivity index (χ2v) is 3.66. The van der Waals surface area contributed by atoms with Crippen molar-refractivity contribution < 1.29 is 9.90 Å². The largest absolute Gasteiger partial charge is 0.396 e. The number of aliphatic hydroxyl groups excluding tert-OH is 1. The minimum Gasteiger partial charge on any atom is -0.396 e. The molecule has 1 aromatic rings. The molecule has 0 aliphatic rings. The number of aromatic nitrogens is 2. The van der Waals surface area contributed by atoms with E-state index in [-0.39, 0.29) is 18.6 Å². The molecule has 5 nitrogen and oxygen atoms in total. The Morgan fingerprint density at radius 3 is 3.00 bits per heavy atom. The second kappa shape index (κ2) is 5.50. The van der Waals surface area contributed by atoms with E-state index in [1.165, 1.54) is 0 Å². The van der Waals surface area contributed by atoms with Crippen molar-refractivity contribution >= 4 is 5.91 Å². The van der Waals surface area contributed by atoms with E-state index in [0.717, 1.165) is 6.42 Å². The molecule has 1 rings (SSSR count). The van der Waals surface area contributed by atoms with Crippen LogP contribution in [0.15, 0.2) is 12.5 Å². The van der Waals surface area contributed by atoms with Crippen molar-refractivity contribution in [3.05, 3.63) is 18.2 Å². The van der Waals surface area contributed by atoms with E-state index in [4.69, 9.17) is 5.11 Å². The van der Waals surface area contributed by atoms with Gasteiger partial charge in [-0.1, -0.05) is 0 Å². The van der Waals surface area contributed by atoms with E-state index >= 15 is 0 Å². The van der Waals surface area contributed by atoms with Crippen LogP contribution in [0.25, 0.3) is 0 Å². The van der Waals surface area contributed by atoms with Gasteiger partial charge in [0.25, 0.3) is 5.91 Å². The van der Waals surface area contributed by atoms with E-state index in [2.05, 4.69) is 10.3 Å². The molecule has 1 aromatic heterocycles. The van der Waals surface area contributed by atoms with Gasteiger partial charge in [0.15, 0.2) is 0 Å². The fourth-order valence-electron chi connectivity index (χ4n) is 1.30. The van der Waals surface area contributed by atoms with Gasteiger partial charge in [0.05, 0.1) is 6.33 Å². The van der Waals surface area contributed by atoms with Gasteiger partial charge in [-0.05, 0) is 19.8 Å². The fourth-order valence-corrected chi connectivity index (χ4v) is 1.30. The number of carbonyl (C=O) groups is 1. The number of hydrogen-bond donors (Lipinski definition) is 2. The number of carbonyl (C=O) groups excluding carboxylic acids is 1. The summed E-state index contributed by atoms with van der Waals surface area (Å²) in [5.74, 6) is -0.166. The lowest BCUT2D eigenvalue weighted by atomic mass is 10.2. The van der Waals surface area contributed by atoms with E-state index < -0.39 is 0 Å². The SMILES string of the molecule is CC(CCCO)NC(=O)c1cn(C)cn1. The van der Waals surface area contributed by atoms with Gasteiger partial charge in [-0.3, -0.25) is 4.79 Å². The molecule has 0 fully saturated rings. The summed E-state index contributed by atoms with van der Waals surface area (Å²) in [5, 5.41) is 11.5. The lowest BCUT2D eigenvalue weighted by molar-refractivity contribution is 0.0932. The minimum absolute atomic E-state index is 0.0617. The Labute approximate surface area is 89.1 Å². The van der Waals surface area contributed by atoms with Crippen LogP contribution in [0.1, 0.15) is 30.3 Å². The monoisotopic (exact) mass is 211 g/mol. The van der Waals surface area contributed by atoms with Crippen molar-refractivity contribution in [3.63, 3.8) is 0 Å².